The van der Waals surface area contributed by atoms with E-state index in [-0.39, 0.29) is 24.6 Å². The molecule has 2 N–H and O–H groups in total. The minimum Gasteiger partial charge on any atom is -0.379 e. The molecular formula is C18H16N4O3. The summed E-state index contributed by atoms with van der Waals surface area (Å²) >= 11 is 0. The van der Waals surface area contributed by atoms with E-state index in [9.17, 15) is 14.9 Å². The molecule has 7 nitrogen and oxygen atoms in total. The maximum Gasteiger partial charge on any atom is 0.292 e. The van der Waals surface area contributed by atoms with Crippen LogP contribution >= 0.6 is 0 Å². The van der Waals surface area contributed by atoms with Crippen LogP contribution in [0.1, 0.15) is 6.42 Å². The Hall–Kier alpha value is -3.48. The molecule has 0 aliphatic rings. The maximum absolute atomic E-state index is 12.2. The summed E-state index contributed by atoms with van der Waals surface area (Å²) in [6.45, 7) is 0.287. The van der Waals surface area contributed by atoms with Crippen molar-refractivity contribution in [2.75, 3.05) is 17.2 Å². The molecule has 2 aromatic carbocycles. The average molecular weight is 336 g/mol. The largest absolute Gasteiger partial charge is 0.379 e. The second-order valence-electron chi connectivity index (χ2n) is 5.38. The van der Waals surface area contributed by atoms with E-state index >= 15 is 0 Å². The average Bonchev–Trinajstić information content (AvgIpc) is 2.62. The number of para-hydroxylation sites is 3. The molecule has 0 atom stereocenters. The molecular weight excluding hydrogens is 320 g/mol. The summed E-state index contributed by atoms with van der Waals surface area (Å²) in [6.07, 6.45) is 1.85. The van der Waals surface area contributed by atoms with Crippen molar-refractivity contribution in [3.8, 4) is 0 Å². The molecule has 0 radical (unpaired) electrons. The van der Waals surface area contributed by atoms with Crippen LogP contribution in [-0.2, 0) is 4.79 Å². The van der Waals surface area contributed by atoms with Crippen molar-refractivity contribution in [3.63, 3.8) is 0 Å². The molecule has 1 heterocycles. The Balaban J connectivity index is 1.61. The van der Waals surface area contributed by atoms with Gasteiger partial charge in [-0.2, -0.15) is 0 Å². The highest BCUT2D eigenvalue weighted by molar-refractivity contribution is 6.00. The first-order chi connectivity index (χ1) is 12.1. The third kappa shape index (κ3) is 3.89. The molecule has 1 aromatic heterocycles. The van der Waals surface area contributed by atoms with Gasteiger partial charge in [0.1, 0.15) is 5.69 Å². The Kier molecular flexibility index (Phi) is 4.84. The number of nitro benzene ring substituents is 1. The van der Waals surface area contributed by atoms with Gasteiger partial charge in [-0.1, -0.05) is 30.3 Å². The van der Waals surface area contributed by atoms with Crippen molar-refractivity contribution < 1.29 is 9.72 Å². The molecule has 3 aromatic rings. The predicted molar refractivity (Wildman–Crippen MR) is 96.6 cm³/mol. The van der Waals surface area contributed by atoms with Gasteiger partial charge in [-0.15, -0.1) is 0 Å². The lowest BCUT2D eigenvalue weighted by molar-refractivity contribution is -0.384. The van der Waals surface area contributed by atoms with E-state index in [1.807, 2.05) is 24.3 Å². The first-order valence-corrected chi connectivity index (χ1v) is 7.76. The van der Waals surface area contributed by atoms with E-state index in [4.69, 9.17) is 0 Å². The predicted octanol–water partition coefficient (Wildman–Crippen LogP) is 3.58. The fourth-order valence-corrected chi connectivity index (χ4v) is 2.51. The molecule has 0 bridgehead atoms. The van der Waals surface area contributed by atoms with Crippen LogP contribution in [0.2, 0.25) is 0 Å². The second kappa shape index (κ2) is 7.39. The quantitative estimate of drug-likeness (QED) is 0.529. The van der Waals surface area contributed by atoms with E-state index in [2.05, 4.69) is 15.6 Å². The number of fused-ring (bicyclic) bond motifs is 1. The molecule has 1 amide bonds. The zero-order valence-electron chi connectivity index (χ0n) is 13.3. The van der Waals surface area contributed by atoms with Gasteiger partial charge in [0.25, 0.3) is 5.69 Å². The van der Waals surface area contributed by atoms with Crippen LogP contribution < -0.4 is 10.6 Å². The van der Waals surface area contributed by atoms with Crippen molar-refractivity contribution in [2.45, 2.75) is 6.42 Å². The van der Waals surface area contributed by atoms with Gasteiger partial charge in [0, 0.05) is 30.6 Å². The van der Waals surface area contributed by atoms with Crippen LogP contribution in [0.4, 0.5) is 17.1 Å². The fraction of sp³-hybridized carbons (Fsp3) is 0.111. The lowest BCUT2D eigenvalue weighted by atomic mass is 10.2. The van der Waals surface area contributed by atoms with Gasteiger partial charge in [-0.25, -0.2) is 0 Å². The standard InChI is InChI=1S/C18H16N4O3/c23-17(10-12-19-14-7-1-2-9-16(14)22(24)25)21-15-8-3-5-13-6-4-11-20-18(13)15/h1-9,11,19H,10,12H2,(H,21,23). The van der Waals surface area contributed by atoms with Gasteiger partial charge >= 0.3 is 0 Å². The topological polar surface area (TPSA) is 97.2 Å². The zero-order valence-corrected chi connectivity index (χ0v) is 13.3. The smallest absolute Gasteiger partial charge is 0.292 e. The van der Waals surface area contributed by atoms with E-state index in [0.717, 1.165) is 10.9 Å². The number of carbonyl (C=O) groups is 1. The van der Waals surface area contributed by atoms with Crippen LogP contribution in [-0.4, -0.2) is 22.4 Å². The molecule has 0 aliphatic carbocycles. The van der Waals surface area contributed by atoms with E-state index in [1.54, 1.807) is 30.5 Å². The van der Waals surface area contributed by atoms with Crippen LogP contribution in [0.15, 0.2) is 60.8 Å². The van der Waals surface area contributed by atoms with Crippen LogP contribution in [0.25, 0.3) is 10.9 Å². The minimum atomic E-state index is -0.454. The number of nitrogens with zero attached hydrogens (tertiary/aromatic N) is 2. The number of aromatic nitrogens is 1. The molecule has 126 valence electrons. The highest BCUT2D eigenvalue weighted by Gasteiger charge is 2.12. The van der Waals surface area contributed by atoms with Crippen LogP contribution in [0.5, 0.6) is 0 Å². The van der Waals surface area contributed by atoms with Crippen molar-refractivity contribution in [2.24, 2.45) is 0 Å². The van der Waals surface area contributed by atoms with E-state index in [0.29, 0.717) is 11.4 Å². The Morgan fingerprint density at radius 1 is 1.04 bits per heavy atom. The van der Waals surface area contributed by atoms with E-state index in [1.165, 1.54) is 6.07 Å². The third-order valence-corrected chi connectivity index (χ3v) is 3.68. The number of nitro groups is 1. The number of amides is 1. The van der Waals surface area contributed by atoms with Crippen molar-refractivity contribution in [3.05, 3.63) is 70.9 Å². The van der Waals surface area contributed by atoms with Gasteiger partial charge in [0.15, 0.2) is 0 Å². The SMILES string of the molecule is O=C(CCNc1ccccc1[N+](=O)[O-])Nc1cccc2cccnc12. The normalized spacial score (nSPS) is 10.4. The monoisotopic (exact) mass is 336 g/mol. The number of rotatable bonds is 6. The molecule has 0 saturated heterocycles. The molecule has 3 rings (SSSR count). The highest BCUT2D eigenvalue weighted by Crippen LogP contribution is 2.23. The van der Waals surface area contributed by atoms with Gasteiger partial charge < -0.3 is 10.6 Å². The summed E-state index contributed by atoms with van der Waals surface area (Å²) in [5.41, 5.74) is 1.76. The zero-order chi connectivity index (χ0) is 17.6. The number of anilines is 2. The van der Waals surface area contributed by atoms with Gasteiger partial charge in [0.2, 0.25) is 5.91 Å². The first kappa shape index (κ1) is 16.4. The Labute approximate surface area is 143 Å². The maximum atomic E-state index is 12.2. The summed E-state index contributed by atoms with van der Waals surface area (Å²) in [5, 5.41) is 17.7. The molecule has 0 aliphatic heterocycles. The first-order valence-electron chi connectivity index (χ1n) is 7.76. The molecule has 7 heteroatoms. The van der Waals surface area contributed by atoms with Gasteiger partial charge in [-0.05, 0) is 18.2 Å². The van der Waals surface area contributed by atoms with Crippen LogP contribution in [0, 0.1) is 10.1 Å². The molecule has 0 spiro atoms. The van der Waals surface area contributed by atoms with Crippen molar-refractivity contribution in [1.82, 2.24) is 4.98 Å². The number of benzene rings is 2. The summed E-state index contributed by atoms with van der Waals surface area (Å²) in [5.74, 6) is -0.191. The Bertz CT molecular complexity index is 922. The Morgan fingerprint density at radius 3 is 2.64 bits per heavy atom. The fourth-order valence-electron chi connectivity index (χ4n) is 2.51. The van der Waals surface area contributed by atoms with Crippen molar-refractivity contribution in [1.29, 1.82) is 0 Å². The van der Waals surface area contributed by atoms with Crippen LogP contribution in [0.3, 0.4) is 0 Å². The summed E-state index contributed by atoms with van der Waals surface area (Å²) in [4.78, 5) is 26.9. The second-order valence-corrected chi connectivity index (χ2v) is 5.38. The molecule has 25 heavy (non-hydrogen) atoms. The number of hydrogen-bond acceptors (Lipinski definition) is 5. The lowest BCUT2D eigenvalue weighted by Crippen LogP contribution is -2.16. The Morgan fingerprint density at radius 2 is 1.80 bits per heavy atom. The third-order valence-electron chi connectivity index (χ3n) is 3.68. The molecule has 0 unspecified atom stereocenters. The number of carbonyl (C=O) groups excluding carboxylic acids is 1. The van der Waals surface area contributed by atoms with E-state index < -0.39 is 4.92 Å². The summed E-state index contributed by atoms with van der Waals surface area (Å²) in [6, 6.07) is 15.7. The van der Waals surface area contributed by atoms with Gasteiger partial charge in [-0.3, -0.25) is 19.9 Å². The summed E-state index contributed by atoms with van der Waals surface area (Å²) in [7, 11) is 0. The number of hydrogen-bond donors (Lipinski definition) is 2. The highest BCUT2D eigenvalue weighted by atomic mass is 16.6. The number of pyridine rings is 1. The van der Waals surface area contributed by atoms with Gasteiger partial charge in [0.05, 0.1) is 16.1 Å². The minimum absolute atomic E-state index is 0.0128. The molecule has 0 fully saturated rings. The molecule has 0 saturated carbocycles. The van der Waals surface area contributed by atoms with Crippen molar-refractivity contribution >= 4 is 33.9 Å². The summed E-state index contributed by atoms with van der Waals surface area (Å²) < 4.78 is 0. The lowest BCUT2D eigenvalue weighted by Gasteiger charge is -2.09. The number of nitrogens with one attached hydrogen (secondary N) is 2.